The Morgan fingerprint density at radius 2 is 1.93 bits per heavy atom. The average molecular weight is 387 g/mol. The van der Waals surface area contributed by atoms with E-state index in [2.05, 4.69) is 15.7 Å². The van der Waals surface area contributed by atoms with Crippen molar-refractivity contribution in [1.82, 2.24) is 14.9 Å². The second-order valence-corrected chi connectivity index (χ2v) is 7.05. The number of aromatic amines is 1. The number of nitrogens with zero attached hydrogens (tertiary/aromatic N) is 1. The Kier molecular flexibility index (Phi) is 5.28. The predicted molar refractivity (Wildman–Crippen MR) is 109 cm³/mol. The lowest BCUT2D eigenvalue weighted by atomic mass is 10.1. The second kappa shape index (κ2) is 7.48. The van der Waals surface area contributed by atoms with Gasteiger partial charge in [-0.1, -0.05) is 11.6 Å². The molecule has 0 saturated carbocycles. The monoisotopic (exact) mass is 386 g/mol. The SMILES string of the molecule is CCNc1cc(Cl)cc(C(=O)NCc2c(C)n3[nH]c(C)cc3cc2=O)c1C. The number of aryl methyl sites for hydroxylation is 2. The van der Waals surface area contributed by atoms with Crippen LogP contribution in [0.15, 0.2) is 29.1 Å². The molecule has 3 aromatic rings. The van der Waals surface area contributed by atoms with E-state index < -0.39 is 0 Å². The lowest BCUT2D eigenvalue weighted by Crippen LogP contribution is -2.28. The van der Waals surface area contributed by atoms with E-state index in [1.54, 1.807) is 18.2 Å². The number of carbonyl (C=O) groups excluding carboxylic acids is 1. The number of H-pyrrole nitrogens is 1. The first kappa shape index (κ1) is 19.0. The standard InChI is InChI=1S/C20H23ClN4O2/c1-5-22-18-8-14(21)7-16(12(18)3)20(27)23-10-17-13(4)25-15(9-19(17)26)6-11(2)24-25/h6-9,22,24H,5,10H2,1-4H3,(H,23,27). The van der Waals surface area contributed by atoms with Crippen molar-refractivity contribution in [3.8, 4) is 0 Å². The van der Waals surface area contributed by atoms with Crippen molar-refractivity contribution in [2.24, 2.45) is 0 Å². The number of aromatic nitrogens is 2. The van der Waals surface area contributed by atoms with Gasteiger partial charge in [-0.15, -0.1) is 0 Å². The minimum atomic E-state index is -0.263. The van der Waals surface area contributed by atoms with Crippen molar-refractivity contribution in [1.29, 1.82) is 0 Å². The van der Waals surface area contributed by atoms with Crippen LogP contribution in [0.1, 0.15) is 39.8 Å². The minimum absolute atomic E-state index is 0.0945. The fourth-order valence-corrected chi connectivity index (χ4v) is 3.46. The summed E-state index contributed by atoms with van der Waals surface area (Å²) in [5.74, 6) is -0.263. The Hall–Kier alpha value is -2.73. The minimum Gasteiger partial charge on any atom is -0.385 e. The maximum absolute atomic E-state index is 12.7. The van der Waals surface area contributed by atoms with Crippen molar-refractivity contribution >= 4 is 28.7 Å². The summed E-state index contributed by atoms with van der Waals surface area (Å²) in [5.41, 5.74) is 5.15. The molecule has 2 aromatic heterocycles. The fraction of sp³-hybridized carbons (Fsp3) is 0.300. The van der Waals surface area contributed by atoms with Crippen molar-refractivity contribution in [3.05, 3.63) is 67.6 Å². The van der Waals surface area contributed by atoms with Gasteiger partial charge in [0.15, 0.2) is 5.43 Å². The highest BCUT2D eigenvalue weighted by atomic mass is 35.5. The maximum atomic E-state index is 12.7. The lowest BCUT2D eigenvalue weighted by Gasteiger charge is -2.14. The molecule has 27 heavy (non-hydrogen) atoms. The van der Waals surface area contributed by atoms with Crippen LogP contribution in [0.3, 0.4) is 0 Å². The van der Waals surface area contributed by atoms with Crippen molar-refractivity contribution < 1.29 is 4.79 Å². The molecular formula is C20H23ClN4O2. The van der Waals surface area contributed by atoms with Gasteiger partial charge in [0.05, 0.1) is 5.52 Å². The van der Waals surface area contributed by atoms with Gasteiger partial charge in [-0.25, -0.2) is 0 Å². The summed E-state index contributed by atoms with van der Waals surface area (Å²) < 4.78 is 1.85. The first-order chi connectivity index (χ1) is 12.8. The van der Waals surface area contributed by atoms with Crippen LogP contribution in [-0.2, 0) is 6.54 Å². The number of benzene rings is 1. The van der Waals surface area contributed by atoms with Crippen LogP contribution in [0.25, 0.3) is 5.52 Å². The zero-order valence-corrected chi connectivity index (χ0v) is 16.6. The largest absolute Gasteiger partial charge is 0.385 e. The summed E-state index contributed by atoms with van der Waals surface area (Å²) in [6.07, 6.45) is 0. The Balaban J connectivity index is 1.88. The summed E-state index contributed by atoms with van der Waals surface area (Å²) in [6.45, 7) is 8.52. The third-order valence-electron chi connectivity index (χ3n) is 4.67. The Labute approximate surface area is 162 Å². The molecule has 0 atom stereocenters. The molecule has 3 N–H and O–H groups in total. The molecule has 0 saturated heterocycles. The number of anilines is 1. The van der Waals surface area contributed by atoms with E-state index in [0.717, 1.165) is 34.7 Å². The van der Waals surface area contributed by atoms with E-state index in [9.17, 15) is 9.59 Å². The molecule has 6 nitrogen and oxygen atoms in total. The van der Waals surface area contributed by atoms with Gasteiger partial charge in [0.2, 0.25) is 0 Å². The maximum Gasteiger partial charge on any atom is 0.251 e. The molecule has 142 valence electrons. The molecule has 0 aliphatic heterocycles. The molecule has 1 amide bonds. The Morgan fingerprint density at radius 3 is 2.63 bits per heavy atom. The van der Waals surface area contributed by atoms with Crippen LogP contribution >= 0.6 is 11.6 Å². The number of hydrogen-bond donors (Lipinski definition) is 3. The smallest absolute Gasteiger partial charge is 0.251 e. The van der Waals surface area contributed by atoms with Gasteiger partial charge in [0, 0.05) is 52.4 Å². The average Bonchev–Trinajstić information content (AvgIpc) is 2.98. The molecule has 0 radical (unpaired) electrons. The second-order valence-electron chi connectivity index (χ2n) is 6.61. The molecule has 1 aromatic carbocycles. The molecular weight excluding hydrogens is 364 g/mol. The highest BCUT2D eigenvalue weighted by Gasteiger charge is 2.15. The zero-order valence-electron chi connectivity index (χ0n) is 15.9. The highest BCUT2D eigenvalue weighted by molar-refractivity contribution is 6.31. The molecule has 0 unspecified atom stereocenters. The van der Waals surface area contributed by atoms with Gasteiger partial charge >= 0.3 is 0 Å². The number of halogens is 1. The van der Waals surface area contributed by atoms with Crippen molar-refractivity contribution in [3.63, 3.8) is 0 Å². The molecule has 2 heterocycles. The molecule has 0 fully saturated rings. The molecule has 7 heteroatoms. The van der Waals surface area contributed by atoms with Gasteiger partial charge in [0.25, 0.3) is 5.91 Å². The highest BCUT2D eigenvalue weighted by Crippen LogP contribution is 2.25. The molecule has 0 aliphatic rings. The van der Waals surface area contributed by atoms with Gasteiger partial charge in [-0.2, -0.15) is 0 Å². The number of carbonyl (C=O) groups is 1. The molecule has 3 rings (SSSR count). The lowest BCUT2D eigenvalue weighted by molar-refractivity contribution is 0.0950. The van der Waals surface area contributed by atoms with E-state index >= 15 is 0 Å². The van der Waals surface area contributed by atoms with Gasteiger partial charge in [-0.3, -0.25) is 19.2 Å². The molecule has 0 spiro atoms. The topological polar surface area (TPSA) is 78.4 Å². The van der Waals surface area contributed by atoms with E-state index in [4.69, 9.17) is 11.6 Å². The van der Waals surface area contributed by atoms with Crippen molar-refractivity contribution in [2.75, 3.05) is 11.9 Å². The number of amides is 1. The van der Waals surface area contributed by atoms with Crippen LogP contribution in [0.4, 0.5) is 5.69 Å². The van der Waals surface area contributed by atoms with Crippen LogP contribution in [0.2, 0.25) is 5.02 Å². The summed E-state index contributed by atoms with van der Waals surface area (Å²) in [4.78, 5) is 25.2. The van der Waals surface area contributed by atoms with Gasteiger partial charge in [-0.05, 0) is 51.5 Å². The van der Waals surface area contributed by atoms with E-state index in [0.29, 0.717) is 16.1 Å². The summed E-state index contributed by atoms with van der Waals surface area (Å²) in [6, 6.07) is 6.93. The summed E-state index contributed by atoms with van der Waals surface area (Å²) in [5, 5.41) is 9.74. The number of nitrogens with one attached hydrogen (secondary N) is 3. The van der Waals surface area contributed by atoms with E-state index in [-0.39, 0.29) is 17.9 Å². The number of fused-ring (bicyclic) bond motifs is 1. The van der Waals surface area contributed by atoms with Crippen LogP contribution in [0.5, 0.6) is 0 Å². The van der Waals surface area contributed by atoms with Crippen LogP contribution in [0, 0.1) is 20.8 Å². The van der Waals surface area contributed by atoms with Crippen LogP contribution in [-0.4, -0.2) is 22.1 Å². The van der Waals surface area contributed by atoms with Gasteiger partial charge < -0.3 is 10.6 Å². The van der Waals surface area contributed by atoms with E-state index in [1.807, 2.05) is 38.3 Å². The number of rotatable bonds is 5. The normalized spacial score (nSPS) is 11.0. The number of pyridine rings is 1. The first-order valence-corrected chi connectivity index (χ1v) is 9.22. The van der Waals surface area contributed by atoms with Crippen LogP contribution < -0.4 is 16.1 Å². The predicted octanol–water partition coefficient (Wildman–Crippen LogP) is 3.57. The third-order valence-corrected chi connectivity index (χ3v) is 4.89. The third kappa shape index (κ3) is 3.71. The summed E-state index contributed by atoms with van der Waals surface area (Å²) in [7, 11) is 0. The molecule has 0 bridgehead atoms. The van der Waals surface area contributed by atoms with Crippen molar-refractivity contribution in [2.45, 2.75) is 34.2 Å². The molecule has 0 aliphatic carbocycles. The zero-order chi connectivity index (χ0) is 19.7. The Bertz CT molecular complexity index is 1080. The quantitative estimate of drug-likeness (QED) is 0.627. The van der Waals surface area contributed by atoms with E-state index in [1.165, 1.54) is 0 Å². The first-order valence-electron chi connectivity index (χ1n) is 8.85. The fourth-order valence-electron chi connectivity index (χ4n) is 3.25. The van der Waals surface area contributed by atoms with Gasteiger partial charge in [0.1, 0.15) is 0 Å². The Morgan fingerprint density at radius 1 is 1.19 bits per heavy atom. The summed E-state index contributed by atoms with van der Waals surface area (Å²) >= 11 is 6.16. The number of hydrogen-bond acceptors (Lipinski definition) is 3.